The Morgan fingerprint density at radius 1 is 1.18 bits per heavy atom. The quantitative estimate of drug-likeness (QED) is 0.768. The molecule has 94 valence electrons. The number of halogens is 1. The number of hydrogen-bond acceptors (Lipinski definition) is 3. The molecule has 2 unspecified atom stereocenters. The van der Waals surface area contributed by atoms with E-state index in [1.165, 1.54) is 12.8 Å². The summed E-state index contributed by atoms with van der Waals surface area (Å²) < 4.78 is 0. The lowest BCUT2D eigenvalue weighted by atomic mass is 9.93. The largest absolute Gasteiger partial charge is 0.351 e. The van der Waals surface area contributed by atoms with Crippen LogP contribution in [0.1, 0.15) is 38.1 Å². The predicted molar refractivity (Wildman–Crippen MR) is 71.7 cm³/mol. The Morgan fingerprint density at radius 2 is 1.82 bits per heavy atom. The highest BCUT2D eigenvalue weighted by molar-refractivity contribution is 6.31. The van der Waals surface area contributed by atoms with E-state index in [1.807, 2.05) is 13.8 Å². The number of anilines is 1. The van der Waals surface area contributed by atoms with Crippen LogP contribution in [0.25, 0.3) is 0 Å². The summed E-state index contributed by atoms with van der Waals surface area (Å²) in [5, 5.41) is 0.537. The maximum atomic E-state index is 6.22. The third-order valence-electron chi connectivity index (χ3n) is 3.66. The van der Waals surface area contributed by atoms with Crippen molar-refractivity contribution in [2.75, 3.05) is 11.4 Å². The minimum atomic E-state index is 0.493. The number of nitrogens with zero attached hydrogens (tertiary/aromatic N) is 3. The van der Waals surface area contributed by atoms with Gasteiger partial charge in [0, 0.05) is 12.6 Å². The highest BCUT2D eigenvalue weighted by Crippen LogP contribution is 2.30. The van der Waals surface area contributed by atoms with Gasteiger partial charge in [0.1, 0.15) is 0 Å². The molecule has 0 aliphatic carbocycles. The van der Waals surface area contributed by atoms with Crippen LogP contribution in [0.5, 0.6) is 0 Å². The van der Waals surface area contributed by atoms with Gasteiger partial charge in [0.05, 0.1) is 11.4 Å². The monoisotopic (exact) mass is 253 g/mol. The second kappa shape index (κ2) is 4.81. The number of aryl methyl sites for hydroxylation is 2. The first kappa shape index (κ1) is 12.6. The molecule has 1 aliphatic heterocycles. The van der Waals surface area contributed by atoms with Crippen LogP contribution in [0.2, 0.25) is 5.15 Å². The van der Waals surface area contributed by atoms with E-state index in [4.69, 9.17) is 11.6 Å². The topological polar surface area (TPSA) is 29.0 Å². The van der Waals surface area contributed by atoms with Crippen molar-refractivity contribution in [1.82, 2.24) is 9.97 Å². The number of hydrogen-bond donors (Lipinski definition) is 0. The van der Waals surface area contributed by atoms with Gasteiger partial charge in [-0.3, -0.25) is 0 Å². The van der Waals surface area contributed by atoms with E-state index in [0.29, 0.717) is 11.2 Å². The van der Waals surface area contributed by atoms with E-state index >= 15 is 0 Å². The number of rotatable bonds is 1. The van der Waals surface area contributed by atoms with Crippen molar-refractivity contribution in [3.8, 4) is 0 Å². The Bertz CT molecular complexity index is 419. The fourth-order valence-corrected chi connectivity index (χ4v) is 2.75. The molecule has 2 heterocycles. The summed E-state index contributed by atoms with van der Waals surface area (Å²) in [4.78, 5) is 11.3. The van der Waals surface area contributed by atoms with Gasteiger partial charge >= 0.3 is 0 Å². The smallest absolute Gasteiger partial charge is 0.171 e. The average Bonchev–Trinajstić information content (AvgIpc) is 2.24. The first-order valence-corrected chi connectivity index (χ1v) is 6.64. The molecule has 0 aromatic carbocycles. The van der Waals surface area contributed by atoms with Crippen LogP contribution in [0.3, 0.4) is 0 Å². The fourth-order valence-electron chi connectivity index (χ4n) is 2.47. The van der Waals surface area contributed by atoms with E-state index in [2.05, 4.69) is 28.7 Å². The summed E-state index contributed by atoms with van der Waals surface area (Å²) in [5.74, 6) is 1.65. The summed E-state index contributed by atoms with van der Waals surface area (Å²) >= 11 is 6.22. The summed E-state index contributed by atoms with van der Waals surface area (Å²) in [6, 6.07) is 0.493. The Labute approximate surface area is 108 Å². The van der Waals surface area contributed by atoms with Gasteiger partial charge in [-0.25, -0.2) is 9.97 Å². The van der Waals surface area contributed by atoms with Gasteiger partial charge in [0.2, 0.25) is 0 Å². The van der Waals surface area contributed by atoms with E-state index in [1.54, 1.807) is 0 Å². The van der Waals surface area contributed by atoms with Crippen molar-refractivity contribution in [3.63, 3.8) is 0 Å². The molecule has 0 radical (unpaired) electrons. The zero-order valence-corrected chi connectivity index (χ0v) is 11.8. The van der Waals surface area contributed by atoms with Gasteiger partial charge in [-0.05, 0) is 39.5 Å². The van der Waals surface area contributed by atoms with Crippen LogP contribution in [0.15, 0.2) is 0 Å². The molecule has 1 fully saturated rings. The molecule has 4 heteroatoms. The first-order valence-electron chi connectivity index (χ1n) is 6.26. The lowest BCUT2D eigenvalue weighted by Gasteiger charge is -2.37. The Balaban J connectivity index is 2.31. The third kappa shape index (κ3) is 2.54. The molecule has 0 spiro atoms. The SMILES string of the molecule is Cc1nc(Cl)c(N2CCC(C)CC2C)nc1C. The first-order chi connectivity index (χ1) is 7.99. The second-order valence-electron chi connectivity index (χ2n) is 5.18. The molecule has 2 atom stereocenters. The standard InChI is InChI=1S/C13H20ClN3/c1-8-5-6-17(9(2)7-8)13-12(14)15-10(3)11(4)16-13/h8-9H,5-7H2,1-4H3. The highest BCUT2D eigenvalue weighted by atomic mass is 35.5. The molecule has 1 aromatic heterocycles. The van der Waals surface area contributed by atoms with Crippen molar-refractivity contribution in [2.45, 2.75) is 46.6 Å². The van der Waals surface area contributed by atoms with Crippen LogP contribution in [0.4, 0.5) is 5.82 Å². The van der Waals surface area contributed by atoms with Gasteiger partial charge in [-0.2, -0.15) is 0 Å². The lowest BCUT2D eigenvalue weighted by molar-refractivity contribution is 0.375. The number of piperidine rings is 1. The molecule has 0 amide bonds. The molecule has 0 saturated carbocycles. The second-order valence-corrected chi connectivity index (χ2v) is 5.54. The molecule has 3 nitrogen and oxygen atoms in total. The molecular formula is C13H20ClN3. The Kier molecular flexibility index (Phi) is 3.57. The van der Waals surface area contributed by atoms with Gasteiger partial charge in [0.15, 0.2) is 11.0 Å². The molecule has 0 N–H and O–H groups in total. The van der Waals surface area contributed by atoms with Gasteiger partial charge in [-0.15, -0.1) is 0 Å². The minimum Gasteiger partial charge on any atom is -0.351 e. The Hall–Kier alpha value is -0.830. The van der Waals surface area contributed by atoms with Gasteiger partial charge in [0.25, 0.3) is 0 Å². The summed E-state index contributed by atoms with van der Waals surface area (Å²) in [5.41, 5.74) is 1.88. The zero-order valence-electron chi connectivity index (χ0n) is 11.0. The molecule has 1 aliphatic rings. The van der Waals surface area contributed by atoms with Crippen molar-refractivity contribution in [1.29, 1.82) is 0 Å². The predicted octanol–water partition coefficient (Wildman–Crippen LogP) is 3.37. The van der Waals surface area contributed by atoms with Gasteiger partial charge in [-0.1, -0.05) is 18.5 Å². The molecule has 17 heavy (non-hydrogen) atoms. The lowest BCUT2D eigenvalue weighted by Crippen LogP contribution is -2.41. The minimum absolute atomic E-state index is 0.493. The van der Waals surface area contributed by atoms with Crippen LogP contribution in [-0.4, -0.2) is 22.6 Å². The zero-order chi connectivity index (χ0) is 12.6. The van der Waals surface area contributed by atoms with Crippen molar-refractivity contribution >= 4 is 17.4 Å². The van der Waals surface area contributed by atoms with E-state index in [0.717, 1.165) is 29.7 Å². The summed E-state index contributed by atoms with van der Waals surface area (Å²) in [7, 11) is 0. The van der Waals surface area contributed by atoms with Crippen LogP contribution in [0, 0.1) is 19.8 Å². The van der Waals surface area contributed by atoms with Crippen LogP contribution in [-0.2, 0) is 0 Å². The van der Waals surface area contributed by atoms with Crippen LogP contribution >= 0.6 is 11.6 Å². The molecule has 0 bridgehead atoms. The maximum absolute atomic E-state index is 6.22. The van der Waals surface area contributed by atoms with E-state index < -0.39 is 0 Å². The maximum Gasteiger partial charge on any atom is 0.171 e. The molecular weight excluding hydrogens is 234 g/mol. The van der Waals surface area contributed by atoms with E-state index in [-0.39, 0.29) is 0 Å². The number of aromatic nitrogens is 2. The molecule has 1 saturated heterocycles. The normalized spacial score (nSPS) is 25.1. The van der Waals surface area contributed by atoms with Crippen molar-refractivity contribution < 1.29 is 0 Å². The van der Waals surface area contributed by atoms with Crippen molar-refractivity contribution in [2.24, 2.45) is 5.92 Å². The summed E-state index contributed by atoms with van der Waals surface area (Å²) in [6.07, 6.45) is 2.40. The fraction of sp³-hybridized carbons (Fsp3) is 0.692. The van der Waals surface area contributed by atoms with Crippen molar-refractivity contribution in [3.05, 3.63) is 16.5 Å². The Morgan fingerprint density at radius 3 is 2.47 bits per heavy atom. The highest BCUT2D eigenvalue weighted by Gasteiger charge is 2.26. The summed E-state index contributed by atoms with van der Waals surface area (Å²) in [6.45, 7) is 9.50. The molecule has 2 rings (SSSR count). The van der Waals surface area contributed by atoms with Crippen LogP contribution < -0.4 is 4.90 Å². The van der Waals surface area contributed by atoms with Gasteiger partial charge < -0.3 is 4.90 Å². The average molecular weight is 254 g/mol. The molecule has 1 aromatic rings. The van der Waals surface area contributed by atoms with E-state index in [9.17, 15) is 0 Å². The third-order valence-corrected chi connectivity index (χ3v) is 3.91.